The fourth-order valence-corrected chi connectivity index (χ4v) is 9.58. The van der Waals surface area contributed by atoms with Crippen molar-refractivity contribution in [2.24, 2.45) is 28.6 Å². The highest BCUT2D eigenvalue weighted by Gasteiger charge is 2.75. The van der Waals surface area contributed by atoms with Crippen LogP contribution in [0.4, 0.5) is 0 Å². The minimum absolute atomic E-state index is 0.0192. The fraction of sp³-hybridized carbons (Fsp3) is 0.543. The van der Waals surface area contributed by atoms with Crippen LogP contribution in [-0.4, -0.2) is 47.4 Å². The van der Waals surface area contributed by atoms with Crippen LogP contribution >= 0.6 is 0 Å². The van der Waals surface area contributed by atoms with Crippen molar-refractivity contribution in [1.82, 2.24) is 0 Å². The number of rotatable bonds is 6. The highest BCUT2D eigenvalue weighted by molar-refractivity contribution is 6.01. The number of hydrogen-bond donors (Lipinski definition) is 1. The van der Waals surface area contributed by atoms with Gasteiger partial charge in [-0.25, -0.2) is 0 Å². The Hall–Kier alpha value is -2.80. The molecule has 5 aliphatic rings. The van der Waals surface area contributed by atoms with Gasteiger partial charge in [-0.1, -0.05) is 75.2 Å². The molecular formula is C35H40O6. The standard InChI is InChI=1S/C35H40O6/c1-4-8-31-40-30-18-26-25-14-13-22-17-23(36)15-16-33(22,2)32(25)27(37)19-34(26,3)35(30,41-31)29(38)20-39-28-12-7-10-21-9-5-6-11-24(21)28/h5-7,9-12,15-17,25-27,30-32,37H,4,8,13-14,18-20H2,1-3H3/t25?,26?,27-,30-,31?,32?,33?,34?,35+/m0/s1. The van der Waals surface area contributed by atoms with Crippen LogP contribution in [0.1, 0.15) is 59.3 Å². The van der Waals surface area contributed by atoms with Crippen LogP contribution in [0.15, 0.2) is 66.3 Å². The second-order valence-electron chi connectivity index (χ2n) is 13.3. The quantitative estimate of drug-likeness (QED) is 0.473. The lowest BCUT2D eigenvalue weighted by molar-refractivity contribution is -0.200. The van der Waals surface area contributed by atoms with Crippen molar-refractivity contribution in [2.45, 2.75) is 83.4 Å². The van der Waals surface area contributed by atoms with Crippen molar-refractivity contribution >= 4 is 22.3 Å². The molecule has 6 nitrogen and oxygen atoms in total. The largest absolute Gasteiger partial charge is 0.485 e. The molecule has 0 aromatic heterocycles. The molecule has 4 fully saturated rings. The van der Waals surface area contributed by atoms with Gasteiger partial charge in [-0.05, 0) is 67.5 Å². The van der Waals surface area contributed by atoms with Gasteiger partial charge in [-0.2, -0.15) is 0 Å². The number of allylic oxidation sites excluding steroid dienone is 4. The zero-order chi connectivity index (χ0) is 28.6. The van der Waals surface area contributed by atoms with E-state index in [1.165, 1.54) is 0 Å². The molecule has 41 heavy (non-hydrogen) atoms. The molecule has 1 aliphatic heterocycles. The average Bonchev–Trinajstić information content (AvgIpc) is 3.44. The molecule has 9 atom stereocenters. The predicted molar refractivity (Wildman–Crippen MR) is 155 cm³/mol. The van der Waals surface area contributed by atoms with Crippen LogP contribution in [0.5, 0.6) is 5.75 Å². The Morgan fingerprint density at radius 1 is 1.15 bits per heavy atom. The van der Waals surface area contributed by atoms with Gasteiger partial charge in [-0.15, -0.1) is 0 Å². The molecule has 1 heterocycles. The summed E-state index contributed by atoms with van der Waals surface area (Å²) in [6.45, 7) is 6.30. The summed E-state index contributed by atoms with van der Waals surface area (Å²) >= 11 is 0. The van der Waals surface area contributed by atoms with Crippen LogP contribution in [0.25, 0.3) is 10.8 Å². The topological polar surface area (TPSA) is 82.1 Å². The van der Waals surface area contributed by atoms with Crippen LogP contribution < -0.4 is 4.74 Å². The van der Waals surface area contributed by atoms with Crippen molar-refractivity contribution in [3.05, 3.63) is 66.3 Å². The van der Waals surface area contributed by atoms with Crippen LogP contribution in [0.2, 0.25) is 0 Å². The molecule has 2 aromatic carbocycles. The fourth-order valence-electron chi connectivity index (χ4n) is 9.58. The first-order valence-electron chi connectivity index (χ1n) is 15.3. The third-order valence-electron chi connectivity index (χ3n) is 11.3. The lowest BCUT2D eigenvalue weighted by Gasteiger charge is -2.59. The van der Waals surface area contributed by atoms with E-state index in [1.807, 2.05) is 48.5 Å². The first-order valence-corrected chi connectivity index (χ1v) is 15.3. The average molecular weight is 557 g/mol. The van der Waals surface area contributed by atoms with E-state index >= 15 is 0 Å². The van der Waals surface area contributed by atoms with Gasteiger partial charge in [0.25, 0.3) is 0 Å². The number of ether oxygens (including phenoxy) is 3. The molecule has 0 bridgehead atoms. The monoisotopic (exact) mass is 556 g/mol. The number of benzene rings is 2. The molecule has 3 saturated carbocycles. The Morgan fingerprint density at radius 2 is 1.95 bits per heavy atom. The highest BCUT2D eigenvalue weighted by atomic mass is 16.7. The van der Waals surface area contributed by atoms with Gasteiger partial charge in [0.15, 0.2) is 17.7 Å². The Labute approximate surface area is 241 Å². The van der Waals surface area contributed by atoms with Crippen LogP contribution in [0.3, 0.4) is 0 Å². The second-order valence-corrected chi connectivity index (χ2v) is 13.3. The van der Waals surface area contributed by atoms with Crippen molar-refractivity contribution in [3.8, 4) is 5.75 Å². The minimum Gasteiger partial charge on any atom is -0.485 e. The van der Waals surface area contributed by atoms with E-state index in [0.717, 1.165) is 48.4 Å². The molecule has 216 valence electrons. The van der Waals surface area contributed by atoms with E-state index in [4.69, 9.17) is 14.2 Å². The first kappa shape index (κ1) is 27.1. The maximum Gasteiger partial charge on any atom is 0.205 e. The summed E-state index contributed by atoms with van der Waals surface area (Å²) in [5, 5.41) is 13.9. The van der Waals surface area contributed by atoms with Crippen LogP contribution in [0, 0.1) is 28.6 Å². The minimum atomic E-state index is -1.18. The number of aliphatic hydroxyl groups is 1. The molecule has 0 amide bonds. The van der Waals surface area contributed by atoms with E-state index < -0.39 is 23.4 Å². The molecule has 0 radical (unpaired) electrons. The summed E-state index contributed by atoms with van der Waals surface area (Å²) in [7, 11) is 0. The molecular weight excluding hydrogens is 516 g/mol. The predicted octanol–water partition coefficient (Wildman–Crippen LogP) is 5.96. The summed E-state index contributed by atoms with van der Waals surface area (Å²) in [6, 6.07) is 13.9. The first-order chi connectivity index (χ1) is 19.7. The third kappa shape index (κ3) is 3.80. The number of ketones is 2. The van der Waals surface area contributed by atoms with Crippen molar-refractivity contribution in [3.63, 3.8) is 0 Å². The number of Topliss-reactive ketones (excluding diaryl/α,β-unsaturated/α-hetero) is 1. The lowest BCUT2D eigenvalue weighted by atomic mass is 9.46. The Balaban J connectivity index is 1.23. The molecule has 7 rings (SSSR count). The molecule has 1 N–H and O–H groups in total. The van der Waals surface area contributed by atoms with Crippen molar-refractivity contribution in [1.29, 1.82) is 0 Å². The molecule has 6 heteroatoms. The van der Waals surface area contributed by atoms with E-state index in [1.54, 1.807) is 12.2 Å². The number of aliphatic hydroxyl groups excluding tert-OH is 1. The summed E-state index contributed by atoms with van der Waals surface area (Å²) in [4.78, 5) is 26.7. The van der Waals surface area contributed by atoms with Crippen molar-refractivity contribution < 1.29 is 28.9 Å². The van der Waals surface area contributed by atoms with Gasteiger partial charge >= 0.3 is 0 Å². The highest BCUT2D eigenvalue weighted by Crippen LogP contribution is 2.69. The zero-order valence-corrected chi connectivity index (χ0v) is 24.2. The van der Waals surface area contributed by atoms with Gasteiger partial charge in [0.1, 0.15) is 12.4 Å². The van der Waals surface area contributed by atoms with E-state index in [0.29, 0.717) is 12.2 Å². The van der Waals surface area contributed by atoms with Crippen LogP contribution in [-0.2, 0) is 19.1 Å². The zero-order valence-electron chi connectivity index (χ0n) is 24.2. The number of hydrogen-bond acceptors (Lipinski definition) is 6. The van der Waals surface area contributed by atoms with Gasteiger partial charge in [0.2, 0.25) is 5.78 Å². The summed E-state index contributed by atoms with van der Waals surface area (Å²) < 4.78 is 19.6. The lowest BCUT2D eigenvalue weighted by Crippen LogP contribution is -2.63. The smallest absolute Gasteiger partial charge is 0.205 e. The SMILES string of the molecule is CCCC1O[C@H]2CC3C4CCC5=CC(=O)C=CC5(C)C4[C@@H](O)CC3(C)[C@]2(C(=O)COc2cccc3ccccc23)O1. The normalized spacial score (nSPS) is 40.9. The number of carbonyl (C=O) groups is 2. The Morgan fingerprint density at radius 3 is 2.78 bits per heavy atom. The van der Waals surface area contributed by atoms with Crippen molar-refractivity contribution in [2.75, 3.05) is 6.61 Å². The molecule has 0 spiro atoms. The molecule has 2 aromatic rings. The van der Waals surface area contributed by atoms with Gasteiger partial charge in [0.05, 0.1) is 12.2 Å². The van der Waals surface area contributed by atoms with Gasteiger partial charge in [-0.3, -0.25) is 9.59 Å². The molecule has 6 unspecified atom stereocenters. The van der Waals surface area contributed by atoms with Gasteiger partial charge < -0.3 is 19.3 Å². The molecule has 1 saturated heterocycles. The summed E-state index contributed by atoms with van der Waals surface area (Å²) in [6.07, 6.45) is 8.48. The maximum absolute atomic E-state index is 14.5. The second kappa shape index (κ2) is 9.62. The van der Waals surface area contributed by atoms with E-state index in [-0.39, 0.29) is 47.4 Å². The number of fused-ring (bicyclic) bond motifs is 8. The molecule has 4 aliphatic carbocycles. The summed E-state index contributed by atoms with van der Waals surface area (Å²) in [5.41, 5.74) is -1.03. The Kier molecular flexibility index (Phi) is 6.35. The third-order valence-corrected chi connectivity index (χ3v) is 11.3. The summed E-state index contributed by atoms with van der Waals surface area (Å²) in [5.74, 6) is 0.921. The van der Waals surface area contributed by atoms with Gasteiger partial charge in [0, 0.05) is 22.1 Å². The van der Waals surface area contributed by atoms with E-state index in [9.17, 15) is 14.7 Å². The number of carbonyl (C=O) groups excluding carboxylic acids is 2. The van der Waals surface area contributed by atoms with E-state index in [2.05, 4.69) is 20.8 Å². The maximum atomic E-state index is 14.5. The Bertz CT molecular complexity index is 1450.